The van der Waals surface area contributed by atoms with Gasteiger partial charge >= 0.3 is 5.97 Å². The van der Waals surface area contributed by atoms with Crippen molar-refractivity contribution < 1.29 is 23.4 Å². The first kappa shape index (κ1) is 22.1. The molecule has 162 valence electrons. The van der Waals surface area contributed by atoms with Crippen molar-refractivity contribution in [2.75, 3.05) is 7.11 Å². The molecule has 0 aliphatic heterocycles. The predicted octanol–water partition coefficient (Wildman–Crippen LogP) is 5.16. The second-order valence-corrected chi connectivity index (χ2v) is 7.30. The van der Waals surface area contributed by atoms with Gasteiger partial charge in [-0.2, -0.15) is 0 Å². The van der Waals surface area contributed by atoms with Crippen molar-refractivity contribution in [1.29, 1.82) is 0 Å². The molecule has 0 saturated carbocycles. The van der Waals surface area contributed by atoms with Crippen LogP contribution in [0.4, 0.5) is 0 Å². The zero-order valence-electron chi connectivity index (χ0n) is 18.3. The van der Waals surface area contributed by atoms with Crippen molar-refractivity contribution in [3.8, 4) is 23.0 Å². The predicted molar refractivity (Wildman–Crippen MR) is 117 cm³/mol. The molecule has 0 bridgehead atoms. The molecule has 7 heteroatoms. The van der Waals surface area contributed by atoms with Gasteiger partial charge in [0.15, 0.2) is 17.6 Å². The van der Waals surface area contributed by atoms with E-state index < -0.39 is 12.1 Å². The van der Waals surface area contributed by atoms with E-state index in [1.807, 2.05) is 51.1 Å². The van der Waals surface area contributed by atoms with Crippen LogP contribution in [0, 0.1) is 6.92 Å². The number of hydrogen-bond acceptors (Lipinski definition) is 7. The van der Waals surface area contributed by atoms with Crippen LogP contribution in [0.2, 0.25) is 0 Å². The average Bonchev–Trinajstić information content (AvgIpc) is 3.23. The second kappa shape index (κ2) is 9.93. The normalized spacial score (nSPS) is 12.2. The van der Waals surface area contributed by atoms with E-state index in [0.29, 0.717) is 17.4 Å². The van der Waals surface area contributed by atoms with E-state index >= 15 is 0 Å². The molecule has 2 aromatic carbocycles. The minimum Gasteiger partial charge on any atom is -0.493 e. The van der Waals surface area contributed by atoms with E-state index in [1.54, 1.807) is 32.2 Å². The molecular formula is C24H26N2O5. The maximum absolute atomic E-state index is 12.2. The quantitative estimate of drug-likeness (QED) is 0.366. The van der Waals surface area contributed by atoms with Gasteiger partial charge < -0.3 is 18.6 Å². The number of hydrogen-bond donors (Lipinski definition) is 0. The summed E-state index contributed by atoms with van der Waals surface area (Å²) in [5, 5.41) is 8.03. The Hall–Kier alpha value is -3.61. The Balaban J connectivity index is 1.62. The van der Waals surface area contributed by atoms with Crippen molar-refractivity contribution in [3.05, 3.63) is 65.6 Å². The Morgan fingerprint density at radius 2 is 1.77 bits per heavy atom. The van der Waals surface area contributed by atoms with Crippen LogP contribution in [0.1, 0.15) is 43.9 Å². The third-order valence-electron chi connectivity index (χ3n) is 4.34. The zero-order chi connectivity index (χ0) is 22.4. The van der Waals surface area contributed by atoms with Gasteiger partial charge in [-0.05, 0) is 63.6 Å². The summed E-state index contributed by atoms with van der Waals surface area (Å²) in [5.74, 6) is 1.32. The van der Waals surface area contributed by atoms with Crippen LogP contribution >= 0.6 is 0 Å². The third-order valence-corrected chi connectivity index (χ3v) is 4.34. The standard InChI is InChI=1S/C24H26N2O5/c1-15(2)29-20-12-8-18(14-21(20)28-5)9-13-22(27)30-17(4)23-25-26-24(31-23)19-10-6-16(3)7-11-19/h6-15,17H,1-5H3/b13-9+/t17-/m0/s1. The van der Waals surface area contributed by atoms with Gasteiger partial charge in [0.1, 0.15) is 0 Å². The van der Waals surface area contributed by atoms with Gasteiger partial charge in [0, 0.05) is 11.6 Å². The molecule has 0 radical (unpaired) electrons. The number of carbonyl (C=O) groups excluding carboxylic acids is 1. The van der Waals surface area contributed by atoms with E-state index in [0.717, 1.165) is 16.7 Å². The van der Waals surface area contributed by atoms with E-state index in [2.05, 4.69) is 10.2 Å². The minimum atomic E-state index is -0.680. The first-order valence-corrected chi connectivity index (χ1v) is 9.99. The van der Waals surface area contributed by atoms with Crippen molar-refractivity contribution in [2.24, 2.45) is 0 Å². The molecule has 0 unspecified atom stereocenters. The Labute approximate surface area is 181 Å². The monoisotopic (exact) mass is 422 g/mol. The summed E-state index contributed by atoms with van der Waals surface area (Å²) in [7, 11) is 1.57. The lowest BCUT2D eigenvalue weighted by molar-refractivity contribution is -0.143. The molecule has 31 heavy (non-hydrogen) atoms. The summed E-state index contributed by atoms with van der Waals surface area (Å²) in [4.78, 5) is 12.2. The molecule has 0 saturated heterocycles. The van der Waals surface area contributed by atoms with E-state index in [9.17, 15) is 4.79 Å². The number of aromatic nitrogens is 2. The van der Waals surface area contributed by atoms with Crippen LogP contribution in [0.5, 0.6) is 11.5 Å². The highest BCUT2D eigenvalue weighted by Crippen LogP contribution is 2.29. The summed E-state index contributed by atoms with van der Waals surface area (Å²) in [5.41, 5.74) is 2.72. The lowest BCUT2D eigenvalue weighted by Gasteiger charge is -2.13. The molecule has 0 aliphatic rings. The van der Waals surface area contributed by atoms with Gasteiger partial charge in [-0.25, -0.2) is 4.79 Å². The van der Waals surface area contributed by atoms with E-state index in [1.165, 1.54) is 6.08 Å². The molecule has 1 aromatic heterocycles. The van der Waals surface area contributed by atoms with Crippen molar-refractivity contribution in [1.82, 2.24) is 10.2 Å². The van der Waals surface area contributed by atoms with Gasteiger partial charge in [-0.3, -0.25) is 0 Å². The summed E-state index contributed by atoms with van der Waals surface area (Å²) >= 11 is 0. The van der Waals surface area contributed by atoms with Crippen LogP contribution in [0.25, 0.3) is 17.5 Å². The van der Waals surface area contributed by atoms with Crippen LogP contribution in [-0.4, -0.2) is 29.4 Å². The van der Waals surface area contributed by atoms with Crippen molar-refractivity contribution in [2.45, 2.75) is 39.9 Å². The average molecular weight is 422 g/mol. The number of esters is 1. The fourth-order valence-electron chi connectivity index (χ4n) is 2.78. The number of rotatable bonds is 8. The topological polar surface area (TPSA) is 83.7 Å². The lowest BCUT2D eigenvalue weighted by atomic mass is 10.1. The summed E-state index contributed by atoms with van der Waals surface area (Å²) in [6.45, 7) is 7.57. The molecule has 0 amide bonds. The number of methoxy groups -OCH3 is 1. The van der Waals surface area contributed by atoms with Crippen LogP contribution in [0.15, 0.2) is 53.0 Å². The van der Waals surface area contributed by atoms with Crippen LogP contribution in [0.3, 0.4) is 0 Å². The Morgan fingerprint density at radius 1 is 1.03 bits per heavy atom. The molecule has 1 heterocycles. The largest absolute Gasteiger partial charge is 0.493 e. The van der Waals surface area contributed by atoms with Gasteiger partial charge in [0.2, 0.25) is 5.89 Å². The Kier molecular flexibility index (Phi) is 7.07. The summed E-state index contributed by atoms with van der Waals surface area (Å²) in [6, 6.07) is 13.1. The molecule has 0 spiro atoms. The summed E-state index contributed by atoms with van der Waals surface area (Å²) < 4.78 is 22.1. The molecule has 0 fully saturated rings. The first-order valence-electron chi connectivity index (χ1n) is 9.99. The highest BCUT2D eigenvalue weighted by molar-refractivity contribution is 5.87. The molecular weight excluding hydrogens is 396 g/mol. The van der Waals surface area contributed by atoms with E-state index in [-0.39, 0.29) is 12.0 Å². The van der Waals surface area contributed by atoms with Gasteiger partial charge in [-0.1, -0.05) is 23.8 Å². The molecule has 3 aromatic rings. The highest BCUT2D eigenvalue weighted by Gasteiger charge is 2.18. The molecule has 3 rings (SSSR count). The molecule has 7 nitrogen and oxygen atoms in total. The minimum absolute atomic E-state index is 0.0305. The van der Waals surface area contributed by atoms with Crippen LogP contribution in [-0.2, 0) is 9.53 Å². The van der Waals surface area contributed by atoms with Crippen molar-refractivity contribution >= 4 is 12.0 Å². The molecule has 1 atom stereocenters. The SMILES string of the molecule is COc1cc(/C=C/C(=O)O[C@@H](C)c2nnc(-c3ccc(C)cc3)o2)ccc1OC(C)C. The Morgan fingerprint density at radius 3 is 2.45 bits per heavy atom. The summed E-state index contributed by atoms with van der Waals surface area (Å²) in [6.07, 6.45) is 2.33. The number of nitrogens with zero attached hydrogens (tertiary/aromatic N) is 2. The number of benzene rings is 2. The van der Waals surface area contributed by atoms with E-state index in [4.69, 9.17) is 18.6 Å². The fourth-order valence-corrected chi connectivity index (χ4v) is 2.78. The lowest BCUT2D eigenvalue weighted by Crippen LogP contribution is -2.07. The second-order valence-electron chi connectivity index (χ2n) is 7.30. The molecule has 0 aliphatic carbocycles. The maximum atomic E-state index is 12.2. The van der Waals surface area contributed by atoms with Crippen molar-refractivity contribution in [3.63, 3.8) is 0 Å². The maximum Gasteiger partial charge on any atom is 0.331 e. The van der Waals surface area contributed by atoms with Crippen LogP contribution < -0.4 is 9.47 Å². The van der Waals surface area contributed by atoms with Gasteiger partial charge in [0.25, 0.3) is 5.89 Å². The number of aryl methyl sites for hydroxylation is 1. The highest BCUT2D eigenvalue weighted by atomic mass is 16.6. The smallest absolute Gasteiger partial charge is 0.331 e. The third kappa shape index (κ3) is 5.94. The molecule has 0 N–H and O–H groups in total. The number of ether oxygens (including phenoxy) is 3. The first-order chi connectivity index (χ1) is 14.9. The van der Waals surface area contributed by atoms with Gasteiger partial charge in [-0.15, -0.1) is 10.2 Å². The number of carbonyl (C=O) groups is 1. The zero-order valence-corrected chi connectivity index (χ0v) is 18.3. The van der Waals surface area contributed by atoms with Gasteiger partial charge in [0.05, 0.1) is 13.2 Å². The Bertz CT molecular complexity index is 1050. The fraction of sp³-hybridized carbons (Fsp3) is 0.292.